The van der Waals surface area contributed by atoms with E-state index in [2.05, 4.69) is 15.3 Å². The second-order valence-electron chi connectivity index (χ2n) is 8.73. The molecule has 9 nitrogen and oxygen atoms in total. The van der Waals surface area contributed by atoms with Crippen molar-refractivity contribution in [1.29, 1.82) is 0 Å². The first-order chi connectivity index (χ1) is 17.7. The zero-order valence-corrected chi connectivity index (χ0v) is 21.0. The van der Waals surface area contributed by atoms with Gasteiger partial charge in [0.1, 0.15) is 17.7 Å². The second-order valence-corrected chi connectivity index (χ2v) is 9.17. The van der Waals surface area contributed by atoms with Crippen LogP contribution in [-0.4, -0.2) is 45.8 Å². The van der Waals surface area contributed by atoms with Gasteiger partial charge in [-0.15, -0.1) is 0 Å². The number of benzene rings is 1. The van der Waals surface area contributed by atoms with E-state index in [0.29, 0.717) is 17.1 Å². The van der Waals surface area contributed by atoms with Gasteiger partial charge >= 0.3 is 6.03 Å². The lowest BCUT2D eigenvalue weighted by molar-refractivity contribution is -0.156. The molecule has 4 amide bonds. The predicted molar refractivity (Wildman–Crippen MR) is 137 cm³/mol. The molecule has 1 fully saturated rings. The van der Waals surface area contributed by atoms with Crippen LogP contribution in [0.3, 0.4) is 0 Å². The summed E-state index contributed by atoms with van der Waals surface area (Å²) < 4.78 is 14.4. The first-order valence-corrected chi connectivity index (χ1v) is 12.1. The number of likely N-dealkylation sites (N-methyl/N-ethyl adjacent to an activating group) is 1. The first-order valence-electron chi connectivity index (χ1n) is 11.7. The number of β-lactam (4-membered cyclic amide) rings is 1. The molecule has 0 spiro atoms. The number of hydrogen-bond acceptors (Lipinski definition) is 6. The average Bonchev–Trinajstić information content (AvgIpc) is 2.90. The molecule has 1 unspecified atom stereocenters. The van der Waals surface area contributed by atoms with Gasteiger partial charge in [-0.25, -0.2) is 14.2 Å². The molecule has 37 heavy (non-hydrogen) atoms. The number of hydrogen-bond donors (Lipinski definition) is 2. The number of carbonyl (C=O) groups excluding carboxylic acids is 3. The maximum Gasteiger partial charge on any atom is 0.325 e. The molecule has 1 aliphatic heterocycles. The number of halogens is 2. The monoisotopic (exact) mass is 524 g/mol. The van der Waals surface area contributed by atoms with Crippen LogP contribution in [0, 0.1) is 11.7 Å². The Morgan fingerprint density at radius 1 is 1.24 bits per heavy atom. The van der Waals surface area contributed by atoms with E-state index in [0.717, 1.165) is 16.7 Å². The minimum Gasteiger partial charge on any atom is -0.384 e. The number of nitrogens with one attached hydrogen (secondary N) is 1. The van der Waals surface area contributed by atoms with E-state index in [1.807, 2.05) is 13.0 Å². The molecule has 11 heteroatoms. The molecule has 0 bridgehead atoms. The van der Waals surface area contributed by atoms with E-state index in [1.165, 1.54) is 23.4 Å². The number of anilines is 2. The number of rotatable bonds is 7. The Labute approximate surface area is 218 Å². The van der Waals surface area contributed by atoms with Crippen LogP contribution in [0.1, 0.15) is 30.5 Å². The summed E-state index contributed by atoms with van der Waals surface area (Å²) in [6, 6.07) is 9.31. The van der Waals surface area contributed by atoms with Gasteiger partial charge in [0.25, 0.3) is 5.91 Å². The highest BCUT2D eigenvalue weighted by Gasteiger charge is 2.55. The molecule has 1 aliphatic rings. The minimum absolute atomic E-state index is 0.0851. The molecule has 0 aliphatic carbocycles. The van der Waals surface area contributed by atoms with Crippen molar-refractivity contribution in [3.05, 3.63) is 83.0 Å². The van der Waals surface area contributed by atoms with Crippen molar-refractivity contribution < 1.29 is 18.8 Å². The Morgan fingerprint density at radius 2 is 1.97 bits per heavy atom. The molecule has 0 saturated carbocycles. The molecule has 3 N–H and O–H groups in total. The molecule has 192 valence electrons. The number of urea groups is 1. The summed E-state index contributed by atoms with van der Waals surface area (Å²) in [5.41, 5.74) is 7.13. The Morgan fingerprint density at radius 3 is 2.65 bits per heavy atom. The molecular weight excluding hydrogens is 499 g/mol. The van der Waals surface area contributed by atoms with Gasteiger partial charge in [-0.05, 0) is 54.3 Å². The number of nitrogens with two attached hydrogens (primary N) is 1. The second kappa shape index (κ2) is 10.9. The van der Waals surface area contributed by atoms with Crippen LogP contribution >= 0.6 is 11.6 Å². The van der Waals surface area contributed by atoms with Crippen molar-refractivity contribution in [2.24, 2.45) is 5.92 Å². The fourth-order valence-electron chi connectivity index (χ4n) is 4.41. The lowest BCUT2D eigenvalue weighted by Gasteiger charge is -2.46. The Bertz CT molecular complexity index is 1320. The molecule has 1 aromatic carbocycles. The molecule has 3 aromatic rings. The molecular formula is C26H26ClFN6O3. The van der Waals surface area contributed by atoms with E-state index >= 15 is 0 Å². The van der Waals surface area contributed by atoms with Crippen LogP contribution in [0.5, 0.6) is 0 Å². The molecule has 1 saturated heterocycles. The summed E-state index contributed by atoms with van der Waals surface area (Å²) >= 11 is 6.11. The molecule has 2 aromatic heterocycles. The van der Waals surface area contributed by atoms with Crippen LogP contribution in [0.2, 0.25) is 5.02 Å². The lowest BCUT2D eigenvalue weighted by atomic mass is 9.81. The molecule has 4 rings (SSSR count). The SMILES string of the molecule is CCC(NC(=O)N1C(=O)[C@H](Cc2cc(N)ncc2F)[C@H]1C(=O)N(C)c1ccncc1)c1cccc(Cl)c1. The number of aromatic nitrogens is 2. The molecule has 0 radical (unpaired) electrons. The summed E-state index contributed by atoms with van der Waals surface area (Å²) in [4.78, 5) is 50.1. The Hall–Kier alpha value is -4.05. The van der Waals surface area contributed by atoms with Gasteiger partial charge in [-0.3, -0.25) is 19.5 Å². The highest BCUT2D eigenvalue weighted by atomic mass is 35.5. The summed E-state index contributed by atoms with van der Waals surface area (Å²) in [6.07, 6.45) is 4.43. The van der Waals surface area contributed by atoms with Gasteiger partial charge in [0, 0.05) is 30.2 Å². The number of likely N-dealkylation sites (tertiary alicyclic amines) is 1. The maximum absolute atomic E-state index is 14.4. The van der Waals surface area contributed by atoms with Gasteiger partial charge in [-0.2, -0.15) is 0 Å². The van der Waals surface area contributed by atoms with Gasteiger partial charge in [-0.1, -0.05) is 30.7 Å². The third kappa shape index (κ3) is 5.39. The van der Waals surface area contributed by atoms with E-state index in [1.54, 1.807) is 37.4 Å². The zero-order valence-electron chi connectivity index (χ0n) is 20.3. The first kappa shape index (κ1) is 26.0. The maximum atomic E-state index is 14.4. The van der Waals surface area contributed by atoms with Crippen LogP contribution < -0.4 is 16.0 Å². The van der Waals surface area contributed by atoms with Crippen molar-refractivity contribution in [2.45, 2.75) is 31.8 Å². The number of carbonyl (C=O) groups is 3. The van der Waals surface area contributed by atoms with E-state index < -0.39 is 41.7 Å². The van der Waals surface area contributed by atoms with Crippen molar-refractivity contribution in [1.82, 2.24) is 20.2 Å². The molecule has 3 atom stereocenters. The third-order valence-electron chi connectivity index (χ3n) is 6.42. The number of pyridine rings is 2. The van der Waals surface area contributed by atoms with Gasteiger partial charge in [0.05, 0.1) is 18.2 Å². The van der Waals surface area contributed by atoms with E-state index in [4.69, 9.17) is 17.3 Å². The van der Waals surface area contributed by atoms with Gasteiger partial charge < -0.3 is 16.0 Å². The van der Waals surface area contributed by atoms with Crippen LogP contribution in [-0.2, 0) is 16.0 Å². The zero-order chi connectivity index (χ0) is 26.7. The summed E-state index contributed by atoms with van der Waals surface area (Å²) in [7, 11) is 1.54. The number of amides is 4. The number of imide groups is 1. The van der Waals surface area contributed by atoms with Crippen molar-refractivity contribution >= 4 is 41.0 Å². The topological polar surface area (TPSA) is 122 Å². The predicted octanol–water partition coefficient (Wildman–Crippen LogP) is 3.74. The number of nitrogens with zero attached hydrogens (tertiary/aromatic N) is 4. The Kier molecular flexibility index (Phi) is 7.68. The quantitative estimate of drug-likeness (QED) is 0.454. The summed E-state index contributed by atoms with van der Waals surface area (Å²) in [5, 5.41) is 3.34. The fourth-order valence-corrected chi connectivity index (χ4v) is 4.60. The smallest absolute Gasteiger partial charge is 0.325 e. The van der Waals surface area contributed by atoms with Gasteiger partial charge in [0.15, 0.2) is 0 Å². The van der Waals surface area contributed by atoms with E-state index in [9.17, 15) is 18.8 Å². The summed E-state index contributed by atoms with van der Waals surface area (Å²) in [5.74, 6) is -2.61. The van der Waals surface area contributed by atoms with Crippen molar-refractivity contribution in [3.8, 4) is 0 Å². The molecule has 3 heterocycles. The van der Waals surface area contributed by atoms with Crippen molar-refractivity contribution in [3.63, 3.8) is 0 Å². The highest BCUT2D eigenvalue weighted by molar-refractivity contribution is 6.30. The van der Waals surface area contributed by atoms with Gasteiger partial charge in [0.2, 0.25) is 5.91 Å². The fraction of sp³-hybridized carbons (Fsp3) is 0.269. The van der Waals surface area contributed by atoms with E-state index in [-0.39, 0.29) is 17.8 Å². The number of nitrogen functional groups attached to an aromatic ring is 1. The average molecular weight is 525 g/mol. The largest absolute Gasteiger partial charge is 0.384 e. The van der Waals surface area contributed by atoms with Crippen LogP contribution in [0.25, 0.3) is 0 Å². The standard InChI is InChI=1S/C26H26ClFN6O3/c1-3-21(15-5-4-6-17(27)11-15)32-26(37)34-23(25(36)33(2)18-7-9-30-10-8-18)19(24(34)35)12-16-13-22(29)31-14-20(16)28/h4-11,13-14,19,21,23H,3,12H2,1-2H3,(H2,29,31)(H,32,37)/t19-,21?,23+/m1/s1. The minimum atomic E-state index is -1.16. The van der Waals surface area contributed by atoms with Crippen LogP contribution in [0.15, 0.2) is 61.1 Å². The summed E-state index contributed by atoms with van der Waals surface area (Å²) in [6.45, 7) is 1.88. The van der Waals surface area contributed by atoms with Crippen LogP contribution in [0.4, 0.5) is 20.7 Å². The Balaban J connectivity index is 1.62. The third-order valence-corrected chi connectivity index (χ3v) is 6.65. The van der Waals surface area contributed by atoms with Crippen molar-refractivity contribution in [2.75, 3.05) is 17.7 Å². The normalized spacial score (nSPS) is 17.6. The highest BCUT2D eigenvalue weighted by Crippen LogP contribution is 2.34. The lowest BCUT2D eigenvalue weighted by Crippen LogP contribution is -2.70.